The van der Waals surface area contributed by atoms with E-state index in [0.717, 1.165) is 16.7 Å². The van der Waals surface area contributed by atoms with E-state index in [0.29, 0.717) is 41.9 Å². The van der Waals surface area contributed by atoms with E-state index in [9.17, 15) is 4.79 Å². The van der Waals surface area contributed by atoms with Crippen LogP contribution in [0.2, 0.25) is 5.02 Å². The highest BCUT2D eigenvalue weighted by molar-refractivity contribution is 6.30. The Kier molecular flexibility index (Phi) is 9.55. The van der Waals surface area contributed by atoms with Crippen LogP contribution in [0, 0.1) is 0 Å². The number of nitrogens with zero attached hydrogens (tertiary/aromatic N) is 1. The summed E-state index contributed by atoms with van der Waals surface area (Å²) in [6, 6.07) is 20.4. The molecule has 6 nitrogen and oxygen atoms in total. The number of nitrogens with one attached hydrogen (secondary N) is 1. The first kappa shape index (κ1) is 24.9. The molecule has 1 N–H and O–H groups in total. The van der Waals surface area contributed by atoms with Gasteiger partial charge in [-0.3, -0.25) is 4.79 Å². The molecule has 3 rings (SSSR count). The van der Waals surface area contributed by atoms with Gasteiger partial charge in [-0.2, -0.15) is 5.10 Å². The molecule has 7 heteroatoms. The quantitative estimate of drug-likeness (QED) is 0.210. The third kappa shape index (κ3) is 7.67. The molecule has 0 aliphatic heterocycles. The number of carbonyl (C=O) groups is 1. The maximum Gasteiger partial charge on any atom is 0.277 e. The molecule has 34 heavy (non-hydrogen) atoms. The third-order valence-electron chi connectivity index (χ3n) is 4.67. The number of ether oxygens (including phenoxy) is 3. The molecule has 0 aliphatic carbocycles. The first-order chi connectivity index (χ1) is 16.6. The molecule has 0 heterocycles. The maximum absolute atomic E-state index is 12.1. The second kappa shape index (κ2) is 13.1. The molecule has 0 fully saturated rings. The lowest BCUT2D eigenvalue weighted by atomic mass is 10.1. The molecule has 0 aromatic heterocycles. The number of para-hydroxylation sites is 1. The van der Waals surface area contributed by atoms with Crippen molar-refractivity contribution in [3.8, 4) is 17.2 Å². The van der Waals surface area contributed by atoms with Crippen LogP contribution in [0.4, 0.5) is 0 Å². The minimum atomic E-state index is -0.363. The SMILES string of the molecule is C=CCc1ccccc1OCC(=O)N/N=C\c1ccc(OCc2ccc(Cl)cc2)c(OCC)c1. The number of halogens is 1. The molecule has 0 radical (unpaired) electrons. The number of hydrogen-bond acceptors (Lipinski definition) is 5. The van der Waals surface area contributed by atoms with Gasteiger partial charge in [0.15, 0.2) is 18.1 Å². The highest BCUT2D eigenvalue weighted by Gasteiger charge is 2.08. The van der Waals surface area contributed by atoms with Gasteiger partial charge in [-0.25, -0.2) is 5.43 Å². The molecular formula is C27H27ClN2O4. The van der Waals surface area contributed by atoms with E-state index < -0.39 is 0 Å². The predicted molar refractivity (Wildman–Crippen MR) is 135 cm³/mol. The number of carbonyl (C=O) groups excluding carboxylic acids is 1. The summed E-state index contributed by atoms with van der Waals surface area (Å²) in [7, 11) is 0. The Morgan fingerprint density at radius 2 is 1.79 bits per heavy atom. The van der Waals surface area contributed by atoms with Crippen molar-refractivity contribution in [2.45, 2.75) is 20.0 Å². The zero-order valence-electron chi connectivity index (χ0n) is 19.0. The van der Waals surface area contributed by atoms with Gasteiger partial charge < -0.3 is 14.2 Å². The fraction of sp³-hybridized carbons (Fsp3) is 0.185. The fourth-order valence-corrected chi connectivity index (χ4v) is 3.18. The summed E-state index contributed by atoms with van der Waals surface area (Å²) in [6.07, 6.45) is 3.99. The highest BCUT2D eigenvalue weighted by Crippen LogP contribution is 2.29. The lowest BCUT2D eigenvalue weighted by Crippen LogP contribution is -2.24. The van der Waals surface area contributed by atoms with Gasteiger partial charge >= 0.3 is 0 Å². The van der Waals surface area contributed by atoms with Crippen molar-refractivity contribution in [1.82, 2.24) is 5.43 Å². The van der Waals surface area contributed by atoms with Crippen LogP contribution in [0.15, 0.2) is 84.5 Å². The van der Waals surface area contributed by atoms with Crippen molar-refractivity contribution in [1.29, 1.82) is 0 Å². The molecule has 1 amide bonds. The highest BCUT2D eigenvalue weighted by atomic mass is 35.5. The molecule has 0 saturated carbocycles. The van der Waals surface area contributed by atoms with Gasteiger partial charge in [0, 0.05) is 5.02 Å². The number of allylic oxidation sites excluding steroid dienone is 1. The summed E-state index contributed by atoms with van der Waals surface area (Å²) < 4.78 is 17.2. The Morgan fingerprint density at radius 1 is 1.00 bits per heavy atom. The number of benzene rings is 3. The van der Waals surface area contributed by atoms with E-state index in [1.165, 1.54) is 6.21 Å². The van der Waals surface area contributed by atoms with Crippen LogP contribution >= 0.6 is 11.6 Å². The zero-order chi connectivity index (χ0) is 24.2. The summed E-state index contributed by atoms with van der Waals surface area (Å²) in [5.41, 5.74) is 5.19. The molecule has 176 valence electrons. The van der Waals surface area contributed by atoms with Gasteiger partial charge in [0.1, 0.15) is 12.4 Å². The van der Waals surface area contributed by atoms with Crippen LogP contribution in [0.25, 0.3) is 0 Å². The van der Waals surface area contributed by atoms with Gasteiger partial charge in [0.2, 0.25) is 0 Å². The van der Waals surface area contributed by atoms with Crippen molar-refractivity contribution < 1.29 is 19.0 Å². The summed E-state index contributed by atoms with van der Waals surface area (Å²) in [4.78, 5) is 12.1. The second-order valence-electron chi connectivity index (χ2n) is 7.24. The number of hydrogen-bond donors (Lipinski definition) is 1. The number of rotatable bonds is 12. The van der Waals surface area contributed by atoms with Gasteiger partial charge in [-0.05, 0) is 66.4 Å². The molecule has 0 unspecified atom stereocenters. The van der Waals surface area contributed by atoms with Gasteiger partial charge in [-0.1, -0.05) is 48.0 Å². The molecule has 3 aromatic rings. The van der Waals surface area contributed by atoms with E-state index in [1.54, 1.807) is 12.1 Å². The Hall–Kier alpha value is -3.77. The summed E-state index contributed by atoms with van der Waals surface area (Å²) in [5, 5.41) is 4.69. The average molecular weight is 479 g/mol. The minimum absolute atomic E-state index is 0.146. The Labute approximate surface area is 204 Å². The van der Waals surface area contributed by atoms with Gasteiger partial charge in [-0.15, -0.1) is 6.58 Å². The Balaban J connectivity index is 1.55. The number of hydrazone groups is 1. The van der Waals surface area contributed by atoms with Crippen LogP contribution in [0.1, 0.15) is 23.6 Å². The molecule has 0 bridgehead atoms. The summed E-state index contributed by atoms with van der Waals surface area (Å²) in [5.74, 6) is 1.49. The maximum atomic E-state index is 12.1. The normalized spacial score (nSPS) is 10.6. The molecule has 0 saturated heterocycles. The first-order valence-electron chi connectivity index (χ1n) is 10.9. The second-order valence-corrected chi connectivity index (χ2v) is 7.67. The Bertz CT molecular complexity index is 1130. The predicted octanol–water partition coefficient (Wildman–Crippen LogP) is 5.58. The van der Waals surface area contributed by atoms with E-state index in [2.05, 4.69) is 17.1 Å². The van der Waals surface area contributed by atoms with Crippen molar-refractivity contribution >= 4 is 23.7 Å². The van der Waals surface area contributed by atoms with E-state index >= 15 is 0 Å². The molecule has 0 spiro atoms. The lowest BCUT2D eigenvalue weighted by Gasteiger charge is -2.12. The monoisotopic (exact) mass is 478 g/mol. The van der Waals surface area contributed by atoms with Crippen LogP contribution in [0.3, 0.4) is 0 Å². The van der Waals surface area contributed by atoms with Crippen molar-refractivity contribution in [3.05, 3.63) is 101 Å². The molecule has 0 aliphatic rings. The van der Waals surface area contributed by atoms with E-state index in [-0.39, 0.29) is 12.5 Å². The standard InChI is InChI=1S/C27H27ClN2O4/c1-3-7-22-8-5-6-9-24(22)34-19-27(31)30-29-17-21-12-15-25(26(16-21)32-4-2)33-18-20-10-13-23(28)14-11-20/h3,5-6,8-17H,1,4,7,18-19H2,2H3,(H,30,31)/b29-17-. The van der Waals surface area contributed by atoms with Crippen LogP contribution < -0.4 is 19.6 Å². The van der Waals surface area contributed by atoms with Gasteiger partial charge in [0.05, 0.1) is 12.8 Å². The zero-order valence-corrected chi connectivity index (χ0v) is 19.8. The molecule has 3 aromatic carbocycles. The Morgan fingerprint density at radius 3 is 2.56 bits per heavy atom. The minimum Gasteiger partial charge on any atom is -0.490 e. The topological polar surface area (TPSA) is 69.2 Å². The first-order valence-corrected chi connectivity index (χ1v) is 11.2. The van der Waals surface area contributed by atoms with Crippen LogP contribution in [-0.2, 0) is 17.8 Å². The molecule has 0 atom stereocenters. The fourth-order valence-electron chi connectivity index (χ4n) is 3.06. The largest absolute Gasteiger partial charge is 0.490 e. The summed E-state index contributed by atoms with van der Waals surface area (Å²) in [6.45, 7) is 6.36. The third-order valence-corrected chi connectivity index (χ3v) is 4.93. The van der Waals surface area contributed by atoms with E-state index in [1.807, 2.05) is 67.6 Å². The average Bonchev–Trinajstić information content (AvgIpc) is 2.84. The number of amides is 1. The van der Waals surface area contributed by atoms with Crippen molar-refractivity contribution in [2.24, 2.45) is 5.10 Å². The molecular weight excluding hydrogens is 452 g/mol. The lowest BCUT2D eigenvalue weighted by molar-refractivity contribution is -0.123. The smallest absolute Gasteiger partial charge is 0.277 e. The van der Waals surface area contributed by atoms with Gasteiger partial charge in [0.25, 0.3) is 5.91 Å². The van der Waals surface area contributed by atoms with E-state index in [4.69, 9.17) is 25.8 Å². The summed E-state index contributed by atoms with van der Waals surface area (Å²) >= 11 is 5.93. The van der Waals surface area contributed by atoms with Crippen LogP contribution in [-0.4, -0.2) is 25.3 Å². The van der Waals surface area contributed by atoms with Crippen LogP contribution in [0.5, 0.6) is 17.2 Å². The van der Waals surface area contributed by atoms with Crippen molar-refractivity contribution in [2.75, 3.05) is 13.2 Å². The van der Waals surface area contributed by atoms with Crippen molar-refractivity contribution in [3.63, 3.8) is 0 Å².